The second-order valence-electron chi connectivity index (χ2n) is 10.2. The number of nitrogen functional groups attached to an aromatic ring is 1. The molecule has 21 heteroatoms. The summed E-state index contributed by atoms with van der Waals surface area (Å²) in [5.41, 5.74) is 16.7. The van der Waals surface area contributed by atoms with Gasteiger partial charge in [-0.05, 0) is 18.6 Å². The molecule has 0 saturated carbocycles. The average molecular weight is 692 g/mol. The monoisotopic (exact) mass is 691 g/mol. The Kier molecular flexibility index (Phi) is 14.7. The van der Waals surface area contributed by atoms with Crippen molar-refractivity contribution >= 4 is 53.8 Å². The number of Topliss-reactive ketones (excluding diaryl/α,β-unsaturated/α-hetero) is 1. The van der Waals surface area contributed by atoms with Crippen molar-refractivity contribution in [3.05, 3.63) is 23.8 Å². The van der Waals surface area contributed by atoms with Crippen LogP contribution in [0.4, 0.5) is 5.69 Å². The van der Waals surface area contributed by atoms with Crippen molar-refractivity contribution in [3.63, 3.8) is 0 Å². The van der Waals surface area contributed by atoms with Gasteiger partial charge in [-0.15, -0.1) is 0 Å². The van der Waals surface area contributed by atoms with Crippen LogP contribution in [0, 0.1) is 0 Å². The molecule has 2 rings (SSSR count). The number of thiol groups is 1. The highest BCUT2D eigenvalue weighted by Crippen LogP contribution is 2.31. The first kappa shape index (κ1) is 39.1. The summed E-state index contributed by atoms with van der Waals surface area (Å²) in [7, 11) is 0. The largest absolute Gasteiger partial charge is 0.480 e. The lowest BCUT2D eigenvalue weighted by Crippen LogP contribution is -2.60. The Bertz CT molecular complexity index is 1320. The predicted molar refractivity (Wildman–Crippen MR) is 158 cm³/mol. The van der Waals surface area contributed by atoms with E-state index in [1.54, 1.807) is 0 Å². The number of anilines is 1. The first-order valence-electron chi connectivity index (χ1n) is 13.8. The highest BCUT2D eigenvalue weighted by atomic mass is 32.1. The Morgan fingerprint density at radius 2 is 1.68 bits per heavy atom. The van der Waals surface area contributed by atoms with Crippen LogP contribution in [0.2, 0.25) is 0 Å². The zero-order valence-electron chi connectivity index (χ0n) is 24.6. The van der Waals surface area contributed by atoms with E-state index in [1.165, 1.54) is 18.2 Å². The van der Waals surface area contributed by atoms with Gasteiger partial charge in [0.2, 0.25) is 12.2 Å². The first-order chi connectivity index (χ1) is 22.0. The summed E-state index contributed by atoms with van der Waals surface area (Å²) >= 11 is 3.94. The molecule has 8 atom stereocenters. The number of nitrogens with two attached hydrogens (primary N) is 3. The van der Waals surface area contributed by atoms with Crippen molar-refractivity contribution < 1.29 is 73.7 Å². The van der Waals surface area contributed by atoms with Crippen molar-refractivity contribution in [3.8, 4) is 5.75 Å². The standard InChI is InChI=1S/C26H37N5O15S/c27-11(24(41)42)4-5-17(34)30-13(9-47)23(40)31(7-18(35)36)46-25(43)12(28)6-14(33)10-2-1-3-15(19(10)29)44-26-22(39)21(38)20(37)16(8-32)45-26/h1-3,11-13,16,20-22,26,32,37-39,47H,4-9,27-29H2,(H,30,34)(H,35,36)(H,41,42)/t11?,12-,13?,16+,20+,21-,22+,26?/m0/s1. The maximum atomic E-state index is 13.0. The molecule has 1 saturated heterocycles. The number of aliphatic hydroxyl groups is 4. The van der Waals surface area contributed by atoms with Crippen molar-refractivity contribution in [2.45, 2.75) is 68.1 Å². The van der Waals surface area contributed by atoms with Gasteiger partial charge in [-0.25, -0.2) is 4.79 Å². The zero-order chi connectivity index (χ0) is 35.6. The number of nitrogens with zero attached hydrogens (tertiary/aromatic N) is 1. The number of benzene rings is 1. The van der Waals surface area contributed by atoms with Gasteiger partial charge in [0.05, 0.1) is 12.3 Å². The van der Waals surface area contributed by atoms with Gasteiger partial charge < -0.3 is 67.5 Å². The van der Waals surface area contributed by atoms with E-state index in [2.05, 4.69) is 17.9 Å². The van der Waals surface area contributed by atoms with Crippen LogP contribution in [-0.4, -0.2) is 139 Å². The quantitative estimate of drug-likeness (QED) is 0.0336. The third-order valence-corrected chi connectivity index (χ3v) is 7.07. The highest BCUT2D eigenvalue weighted by Gasteiger charge is 2.45. The van der Waals surface area contributed by atoms with E-state index in [0.29, 0.717) is 0 Å². The molecule has 47 heavy (non-hydrogen) atoms. The van der Waals surface area contributed by atoms with Crippen LogP contribution in [0.3, 0.4) is 0 Å². The summed E-state index contributed by atoms with van der Waals surface area (Å²) < 4.78 is 10.7. The van der Waals surface area contributed by atoms with Gasteiger partial charge in [0.25, 0.3) is 5.91 Å². The molecule has 1 aromatic rings. The van der Waals surface area contributed by atoms with Gasteiger partial charge in [-0.3, -0.25) is 24.0 Å². The number of aliphatic carboxylic acids is 2. The molecular weight excluding hydrogens is 654 g/mol. The predicted octanol–water partition coefficient (Wildman–Crippen LogP) is -4.67. The fourth-order valence-corrected chi connectivity index (χ4v) is 4.31. The maximum absolute atomic E-state index is 13.0. The van der Waals surface area contributed by atoms with Crippen LogP contribution in [0.1, 0.15) is 29.6 Å². The van der Waals surface area contributed by atoms with Gasteiger partial charge in [-0.1, -0.05) is 6.07 Å². The van der Waals surface area contributed by atoms with Gasteiger partial charge in [0, 0.05) is 24.2 Å². The van der Waals surface area contributed by atoms with Crippen LogP contribution in [-0.2, 0) is 33.5 Å². The Labute approximate surface area is 271 Å². The molecule has 0 spiro atoms. The highest BCUT2D eigenvalue weighted by molar-refractivity contribution is 7.80. The van der Waals surface area contributed by atoms with E-state index in [1.807, 2.05) is 0 Å². The Morgan fingerprint density at radius 3 is 2.26 bits per heavy atom. The minimum atomic E-state index is -1.78. The van der Waals surface area contributed by atoms with E-state index >= 15 is 0 Å². The average Bonchev–Trinajstić information content (AvgIpc) is 3.02. The fraction of sp³-hybridized carbons (Fsp3) is 0.538. The van der Waals surface area contributed by atoms with Crippen LogP contribution in [0.15, 0.2) is 18.2 Å². The summed E-state index contributed by atoms with van der Waals surface area (Å²) in [6.07, 6.45) is -9.57. The van der Waals surface area contributed by atoms with E-state index < -0.39 is 116 Å². The zero-order valence-corrected chi connectivity index (χ0v) is 25.5. The number of rotatable bonds is 16. The van der Waals surface area contributed by atoms with E-state index in [4.69, 9.17) is 36.6 Å². The molecule has 0 bridgehead atoms. The van der Waals surface area contributed by atoms with Crippen molar-refractivity contribution in [1.29, 1.82) is 0 Å². The summed E-state index contributed by atoms with van der Waals surface area (Å²) in [5.74, 6) is -7.92. The molecule has 0 radical (unpaired) electrons. The summed E-state index contributed by atoms with van der Waals surface area (Å²) in [6, 6.07) is -0.840. The molecule has 13 N–H and O–H groups in total. The normalized spacial score (nSPS) is 22.7. The third-order valence-electron chi connectivity index (χ3n) is 6.71. The van der Waals surface area contributed by atoms with Crippen LogP contribution in [0.25, 0.3) is 0 Å². The number of para-hydroxylation sites is 1. The van der Waals surface area contributed by atoms with Gasteiger partial charge in [0.1, 0.15) is 48.3 Å². The van der Waals surface area contributed by atoms with Gasteiger partial charge >= 0.3 is 17.9 Å². The minimum Gasteiger partial charge on any atom is -0.480 e. The smallest absolute Gasteiger partial charge is 0.349 e. The molecule has 1 aliphatic rings. The van der Waals surface area contributed by atoms with E-state index in [0.717, 1.165) is 0 Å². The molecular formula is C26H37N5O15S. The molecule has 2 amide bonds. The number of hydrogen-bond acceptors (Lipinski definition) is 17. The maximum Gasteiger partial charge on any atom is 0.349 e. The molecule has 1 heterocycles. The minimum absolute atomic E-state index is 0.0997. The molecule has 1 fully saturated rings. The van der Waals surface area contributed by atoms with Crippen LogP contribution >= 0.6 is 12.6 Å². The van der Waals surface area contributed by atoms with Crippen molar-refractivity contribution in [1.82, 2.24) is 10.4 Å². The molecule has 262 valence electrons. The van der Waals surface area contributed by atoms with E-state index in [9.17, 15) is 54.3 Å². The number of amides is 2. The number of ketones is 1. The molecule has 1 aromatic carbocycles. The molecule has 0 aliphatic carbocycles. The van der Waals surface area contributed by atoms with Crippen LogP contribution < -0.4 is 27.3 Å². The Morgan fingerprint density at radius 1 is 1.02 bits per heavy atom. The van der Waals surface area contributed by atoms with Crippen molar-refractivity contribution in [2.24, 2.45) is 11.5 Å². The lowest BCUT2D eigenvalue weighted by atomic mass is 9.99. The Balaban J connectivity index is 2.11. The lowest BCUT2D eigenvalue weighted by Gasteiger charge is -2.39. The second-order valence-corrected chi connectivity index (χ2v) is 10.6. The summed E-state index contributed by atoms with van der Waals surface area (Å²) in [6.45, 7) is -1.92. The third kappa shape index (κ3) is 10.7. The number of carboxylic acid groups (broad SMARTS) is 2. The Hall–Kier alpha value is -4.09. The topological polar surface area (TPSA) is 345 Å². The SMILES string of the molecule is Nc1c(OC2O[C@H](CO)[C@@H](O)[C@H](O)[C@H]2O)cccc1C(=O)C[C@H](N)C(=O)ON(CC(=O)O)C(=O)C(CS)NC(=O)CCC(N)C(=O)O. The van der Waals surface area contributed by atoms with E-state index in [-0.39, 0.29) is 28.5 Å². The first-order valence-corrected chi connectivity index (χ1v) is 14.4. The molecule has 20 nitrogen and oxygen atoms in total. The van der Waals surface area contributed by atoms with Crippen molar-refractivity contribution in [2.75, 3.05) is 24.6 Å². The number of carbonyl (C=O) groups is 6. The number of aliphatic hydroxyl groups excluding tert-OH is 4. The second kappa shape index (κ2) is 17.7. The number of carbonyl (C=O) groups excluding carboxylic acids is 4. The molecule has 3 unspecified atom stereocenters. The fourth-order valence-electron chi connectivity index (χ4n) is 4.06. The van der Waals surface area contributed by atoms with Crippen LogP contribution in [0.5, 0.6) is 5.75 Å². The summed E-state index contributed by atoms with van der Waals surface area (Å²) in [5, 5.41) is 59.9. The van der Waals surface area contributed by atoms with Gasteiger partial charge in [-0.2, -0.15) is 17.7 Å². The molecule has 0 aromatic heterocycles. The number of hydrogen-bond donors (Lipinski definition) is 11. The summed E-state index contributed by atoms with van der Waals surface area (Å²) in [4.78, 5) is 77.9. The number of nitrogens with one attached hydrogen (secondary N) is 1. The number of hydroxylamine groups is 2. The number of carboxylic acids is 2. The number of ether oxygens (including phenoxy) is 2. The lowest BCUT2D eigenvalue weighted by molar-refractivity contribution is -0.277. The van der Waals surface area contributed by atoms with Gasteiger partial charge in [0.15, 0.2) is 12.3 Å². The molecule has 1 aliphatic heterocycles.